The van der Waals surface area contributed by atoms with Crippen LogP contribution in [0.15, 0.2) is 267 Å². The van der Waals surface area contributed by atoms with Gasteiger partial charge >= 0.3 is 0 Å². The number of hydrogen-bond acceptors (Lipinski definition) is 1. The molecular weight excluding hydrogens is 867 g/mol. The van der Waals surface area contributed by atoms with E-state index in [-0.39, 0.29) is 10.8 Å². The molecule has 0 aliphatic heterocycles. The molecule has 2 aliphatic rings. The number of rotatable bonds is 9. The maximum atomic E-state index is 2.43. The Morgan fingerprint density at radius 3 is 1.25 bits per heavy atom. The van der Waals surface area contributed by atoms with Crippen molar-refractivity contribution in [2.75, 3.05) is 4.90 Å². The van der Waals surface area contributed by atoms with Crippen molar-refractivity contribution in [2.24, 2.45) is 0 Å². The zero-order valence-electron chi connectivity index (χ0n) is 40.9. The van der Waals surface area contributed by atoms with Crippen molar-refractivity contribution in [3.8, 4) is 77.9 Å². The van der Waals surface area contributed by atoms with Crippen LogP contribution in [-0.4, -0.2) is 0 Å². The van der Waals surface area contributed by atoms with Crippen LogP contribution in [-0.2, 0) is 10.8 Å². The summed E-state index contributed by atoms with van der Waals surface area (Å²) in [5.74, 6) is 0. The second-order valence-electron chi connectivity index (χ2n) is 20.2. The van der Waals surface area contributed by atoms with Crippen LogP contribution >= 0.6 is 0 Å². The lowest BCUT2D eigenvalue weighted by molar-refractivity contribution is 0.662. The zero-order valence-corrected chi connectivity index (χ0v) is 40.9. The van der Waals surface area contributed by atoms with Gasteiger partial charge in [0.15, 0.2) is 0 Å². The highest BCUT2D eigenvalue weighted by Crippen LogP contribution is 2.54. The Bertz CT molecular complexity index is 3790. The van der Waals surface area contributed by atoms with Gasteiger partial charge in [-0.05, 0) is 161 Å². The largest absolute Gasteiger partial charge is 0.311 e. The van der Waals surface area contributed by atoms with E-state index in [1.165, 1.54) is 106 Å². The molecule has 0 saturated carbocycles. The minimum Gasteiger partial charge on any atom is -0.311 e. The second-order valence-corrected chi connectivity index (χ2v) is 20.2. The van der Waals surface area contributed by atoms with Crippen LogP contribution < -0.4 is 4.90 Å². The molecular formula is C71H53N. The Balaban J connectivity index is 0.888. The van der Waals surface area contributed by atoms with Gasteiger partial charge in [-0.25, -0.2) is 0 Å². The summed E-state index contributed by atoms with van der Waals surface area (Å²) in [5, 5.41) is 0. The number of nitrogens with zero attached hydrogens (tertiary/aromatic N) is 1. The molecule has 342 valence electrons. The highest BCUT2D eigenvalue weighted by Gasteiger charge is 2.41. The van der Waals surface area contributed by atoms with Crippen molar-refractivity contribution in [3.05, 3.63) is 295 Å². The zero-order chi connectivity index (χ0) is 48.4. The van der Waals surface area contributed by atoms with Crippen molar-refractivity contribution < 1.29 is 0 Å². The molecule has 1 heteroatoms. The fourth-order valence-electron chi connectivity index (χ4n) is 12.1. The average molecular weight is 920 g/mol. The van der Waals surface area contributed by atoms with Gasteiger partial charge < -0.3 is 4.90 Å². The monoisotopic (exact) mass is 919 g/mol. The summed E-state index contributed by atoms with van der Waals surface area (Å²) in [5.41, 5.74) is 27.2. The van der Waals surface area contributed by atoms with Gasteiger partial charge in [-0.3, -0.25) is 0 Å². The molecule has 0 bridgehead atoms. The standard InChI is InChI=1S/C71H53N/c1-70(2)66-28-15-13-25-62(66)64-27-17-26-60(69(64)70)52-34-42-58(43-35-52)72(56-38-30-48(31-39-56)53-36-44-59(50-18-7-4-8-19-50)65(46-53)51-20-9-5-10-21-51)57-40-32-49(33-41-57)54-37-45-63-61-24-14-16-29-67(61)71(3,68(63)47-54)55-22-11-6-12-23-55/h4-47H,1-3H3. The Morgan fingerprint density at radius 1 is 0.250 bits per heavy atom. The molecule has 11 aromatic carbocycles. The van der Waals surface area contributed by atoms with Gasteiger partial charge in [-0.1, -0.05) is 232 Å². The van der Waals surface area contributed by atoms with E-state index in [0.29, 0.717) is 0 Å². The molecule has 0 heterocycles. The first-order valence-electron chi connectivity index (χ1n) is 25.2. The van der Waals surface area contributed by atoms with Crippen molar-refractivity contribution in [2.45, 2.75) is 31.6 Å². The Morgan fingerprint density at radius 2 is 0.653 bits per heavy atom. The van der Waals surface area contributed by atoms with Gasteiger partial charge in [-0.15, -0.1) is 0 Å². The topological polar surface area (TPSA) is 3.24 Å². The summed E-state index contributed by atoms with van der Waals surface area (Å²) < 4.78 is 0. The molecule has 13 rings (SSSR count). The first-order chi connectivity index (χ1) is 35.3. The van der Waals surface area contributed by atoms with Crippen LogP contribution in [0.5, 0.6) is 0 Å². The number of hydrogen-bond donors (Lipinski definition) is 0. The first kappa shape index (κ1) is 43.3. The van der Waals surface area contributed by atoms with E-state index in [0.717, 1.165) is 17.1 Å². The maximum absolute atomic E-state index is 2.43. The molecule has 1 nitrogen and oxygen atoms in total. The van der Waals surface area contributed by atoms with Crippen LogP contribution in [0.4, 0.5) is 17.1 Å². The van der Waals surface area contributed by atoms with E-state index in [1.807, 2.05) is 0 Å². The summed E-state index contributed by atoms with van der Waals surface area (Å²) in [6, 6.07) is 98.5. The summed E-state index contributed by atoms with van der Waals surface area (Å²) in [6.07, 6.45) is 0. The number of anilines is 3. The smallest absolute Gasteiger partial charge is 0.0462 e. The average Bonchev–Trinajstić information content (AvgIpc) is 3.85. The molecule has 72 heavy (non-hydrogen) atoms. The molecule has 0 saturated heterocycles. The third-order valence-electron chi connectivity index (χ3n) is 15.8. The Kier molecular flexibility index (Phi) is 10.4. The summed E-state index contributed by atoms with van der Waals surface area (Å²) in [4.78, 5) is 2.40. The summed E-state index contributed by atoms with van der Waals surface area (Å²) in [6.45, 7) is 7.13. The lowest BCUT2D eigenvalue weighted by atomic mass is 9.74. The minimum absolute atomic E-state index is 0.108. The van der Waals surface area contributed by atoms with E-state index in [1.54, 1.807) is 0 Å². The normalized spacial score (nSPS) is 14.8. The van der Waals surface area contributed by atoms with Crippen LogP contribution in [0.2, 0.25) is 0 Å². The quantitative estimate of drug-likeness (QED) is 0.139. The predicted octanol–water partition coefficient (Wildman–Crippen LogP) is 19.1. The third-order valence-corrected chi connectivity index (χ3v) is 15.8. The van der Waals surface area contributed by atoms with Gasteiger partial charge in [0.2, 0.25) is 0 Å². The Hall–Kier alpha value is -8.78. The van der Waals surface area contributed by atoms with Crippen molar-refractivity contribution in [3.63, 3.8) is 0 Å². The van der Waals surface area contributed by atoms with Crippen LogP contribution in [0.3, 0.4) is 0 Å². The third kappa shape index (κ3) is 7.07. The SMILES string of the molecule is CC1(C)c2ccccc2-c2cccc(-c3ccc(N(c4ccc(-c5ccc(-c6ccccc6)c(-c6ccccc6)c5)cc4)c4ccc(-c5ccc6c(c5)C(C)(c5ccccc5)c5ccccc5-6)cc4)cc3)c21. The van der Waals surface area contributed by atoms with Crippen molar-refractivity contribution in [1.82, 2.24) is 0 Å². The Labute approximate surface area is 424 Å². The molecule has 11 aromatic rings. The van der Waals surface area contributed by atoms with Gasteiger partial charge in [0.05, 0.1) is 0 Å². The van der Waals surface area contributed by atoms with Crippen molar-refractivity contribution >= 4 is 17.1 Å². The molecule has 0 fully saturated rings. The summed E-state index contributed by atoms with van der Waals surface area (Å²) in [7, 11) is 0. The van der Waals surface area contributed by atoms with E-state index in [9.17, 15) is 0 Å². The lowest BCUT2D eigenvalue weighted by Gasteiger charge is -2.28. The maximum Gasteiger partial charge on any atom is 0.0462 e. The molecule has 0 radical (unpaired) electrons. The van der Waals surface area contributed by atoms with Crippen LogP contribution in [0.25, 0.3) is 77.9 Å². The molecule has 1 atom stereocenters. The molecule has 0 aromatic heterocycles. The molecule has 0 N–H and O–H groups in total. The molecule has 1 unspecified atom stereocenters. The van der Waals surface area contributed by atoms with E-state index in [2.05, 4.69) is 293 Å². The van der Waals surface area contributed by atoms with Crippen LogP contribution in [0.1, 0.15) is 48.6 Å². The first-order valence-corrected chi connectivity index (χ1v) is 25.2. The van der Waals surface area contributed by atoms with Crippen LogP contribution in [0, 0.1) is 0 Å². The van der Waals surface area contributed by atoms with Gasteiger partial charge in [0, 0.05) is 27.9 Å². The van der Waals surface area contributed by atoms with E-state index in [4.69, 9.17) is 0 Å². The molecule has 0 amide bonds. The summed E-state index contributed by atoms with van der Waals surface area (Å²) >= 11 is 0. The highest BCUT2D eigenvalue weighted by molar-refractivity contribution is 5.91. The lowest BCUT2D eigenvalue weighted by Crippen LogP contribution is -2.22. The van der Waals surface area contributed by atoms with E-state index < -0.39 is 0 Å². The number of benzene rings is 11. The van der Waals surface area contributed by atoms with E-state index >= 15 is 0 Å². The minimum atomic E-state index is -0.259. The van der Waals surface area contributed by atoms with Crippen molar-refractivity contribution in [1.29, 1.82) is 0 Å². The second kappa shape index (κ2) is 17.3. The fraction of sp³-hybridized carbons (Fsp3) is 0.0704. The van der Waals surface area contributed by atoms with Gasteiger partial charge in [0.1, 0.15) is 0 Å². The van der Waals surface area contributed by atoms with Gasteiger partial charge in [-0.2, -0.15) is 0 Å². The predicted molar refractivity (Wildman–Crippen MR) is 303 cm³/mol. The van der Waals surface area contributed by atoms with Gasteiger partial charge in [0.25, 0.3) is 0 Å². The highest BCUT2D eigenvalue weighted by atomic mass is 15.1. The molecule has 0 spiro atoms. The fourth-order valence-corrected chi connectivity index (χ4v) is 12.1. The number of fused-ring (bicyclic) bond motifs is 6. The molecule has 2 aliphatic carbocycles.